The van der Waals surface area contributed by atoms with Gasteiger partial charge in [-0.2, -0.15) is 5.26 Å². The second-order valence-electron chi connectivity index (χ2n) is 5.46. The van der Waals surface area contributed by atoms with E-state index in [1.807, 2.05) is 6.07 Å². The quantitative estimate of drug-likeness (QED) is 0.805. The topological polar surface area (TPSA) is 108 Å². The van der Waals surface area contributed by atoms with Gasteiger partial charge in [-0.05, 0) is 37.3 Å². The number of para-hydroxylation sites is 1. The Labute approximate surface area is 150 Å². The van der Waals surface area contributed by atoms with Crippen molar-refractivity contribution in [2.75, 3.05) is 10.6 Å². The van der Waals surface area contributed by atoms with Crippen LogP contribution in [0.25, 0.3) is 0 Å². The van der Waals surface area contributed by atoms with Gasteiger partial charge in [-0.15, -0.1) is 0 Å². The van der Waals surface area contributed by atoms with E-state index in [9.17, 15) is 14.4 Å². The summed E-state index contributed by atoms with van der Waals surface area (Å²) in [6.07, 6.45) is -1.07. The van der Waals surface area contributed by atoms with Crippen LogP contribution in [0.5, 0.6) is 0 Å². The summed E-state index contributed by atoms with van der Waals surface area (Å²) in [6, 6.07) is 14.7. The predicted octanol–water partition coefficient (Wildman–Crippen LogP) is 2.70. The Morgan fingerprint density at radius 2 is 1.81 bits per heavy atom. The fraction of sp³-hybridized carbons (Fsp3) is 0.158. The number of carbonyl (C=O) groups excluding carboxylic acids is 3. The average Bonchev–Trinajstić information content (AvgIpc) is 2.61. The van der Waals surface area contributed by atoms with Crippen LogP contribution >= 0.6 is 0 Å². The lowest BCUT2D eigenvalue weighted by molar-refractivity contribution is -0.123. The SMILES string of the molecule is CC(=O)Nc1cccc(C(=O)O[C@@H](C)C(=O)Nc2ccccc2C#N)c1. The summed E-state index contributed by atoms with van der Waals surface area (Å²) in [5.41, 5.74) is 1.30. The van der Waals surface area contributed by atoms with Crippen LogP contribution in [0.2, 0.25) is 0 Å². The second-order valence-corrected chi connectivity index (χ2v) is 5.46. The zero-order chi connectivity index (χ0) is 19.1. The van der Waals surface area contributed by atoms with E-state index < -0.39 is 18.0 Å². The number of nitrogens with one attached hydrogen (secondary N) is 2. The van der Waals surface area contributed by atoms with Crippen LogP contribution in [0, 0.1) is 11.3 Å². The third kappa shape index (κ3) is 4.92. The molecule has 0 bridgehead atoms. The number of ether oxygens (including phenoxy) is 1. The standard InChI is InChI=1S/C19H17N3O4/c1-12(18(24)22-17-9-4-3-6-15(17)11-20)26-19(25)14-7-5-8-16(10-14)21-13(2)23/h3-10,12H,1-2H3,(H,21,23)(H,22,24)/t12-/m0/s1. The van der Waals surface area contributed by atoms with E-state index in [1.54, 1.807) is 36.4 Å². The van der Waals surface area contributed by atoms with E-state index in [4.69, 9.17) is 10.00 Å². The van der Waals surface area contributed by atoms with E-state index in [1.165, 1.54) is 26.0 Å². The fourth-order valence-corrected chi connectivity index (χ4v) is 2.13. The zero-order valence-corrected chi connectivity index (χ0v) is 14.3. The van der Waals surface area contributed by atoms with Gasteiger partial charge in [0.05, 0.1) is 16.8 Å². The van der Waals surface area contributed by atoms with Crippen molar-refractivity contribution in [2.45, 2.75) is 20.0 Å². The van der Waals surface area contributed by atoms with Crippen LogP contribution in [0.4, 0.5) is 11.4 Å². The normalized spacial score (nSPS) is 11.0. The molecule has 0 aliphatic rings. The lowest BCUT2D eigenvalue weighted by atomic mass is 10.2. The first-order chi connectivity index (χ1) is 12.4. The molecule has 2 amide bonds. The molecule has 0 unspecified atom stereocenters. The molecule has 7 nitrogen and oxygen atoms in total. The molecule has 2 aromatic rings. The Morgan fingerprint density at radius 3 is 2.50 bits per heavy atom. The predicted molar refractivity (Wildman–Crippen MR) is 95.4 cm³/mol. The minimum absolute atomic E-state index is 0.202. The molecule has 132 valence electrons. The summed E-state index contributed by atoms with van der Waals surface area (Å²) in [5.74, 6) is -1.52. The van der Waals surface area contributed by atoms with Crippen LogP contribution in [-0.4, -0.2) is 23.9 Å². The smallest absolute Gasteiger partial charge is 0.338 e. The van der Waals surface area contributed by atoms with Gasteiger partial charge >= 0.3 is 5.97 Å². The van der Waals surface area contributed by atoms with E-state index >= 15 is 0 Å². The third-order valence-electron chi connectivity index (χ3n) is 3.38. The van der Waals surface area contributed by atoms with Crippen molar-refractivity contribution in [3.8, 4) is 6.07 Å². The van der Waals surface area contributed by atoms with E-state index in [0.717, 1.165) is 0 Å². The molecule has 0 radical (unpaired) electrons. The number of benzene rings is 2. The van der Waals surface area contributed by atoms with Crippen LogP contribution in [0.1, 0.15) is 29.8 Å². The molecule has 7 heteroatoms. The summed E-state index contributed by atoms with van der Waals surface area (Å²) in [5, 5.41) is 14.2. The van der Waals surface area contributed by atoms with Crippen molar-refractivity contribution in [2.24, 2.45) is 0 Å². The monoisotopic (exact) mass is 351 g/mol. The van der Waals surface area contributed by atoms with Crippen LogP contribution in [0.3, 0.4) is 0 Å². The van der Waals surface area contributed by atoms with Gasteiger partial charge in [-0.3, -0.25) is 9.59 Å². The summed E-state index contributed by atoms with van der Waals surface area (Å²) >= 11 is 0. The molecule has 0 aliphatic heterocycles. The molecule has 0 spiro atoms. The van der Waals surface area contributed by atoms with Crippen molar-refractivity contribution in [3.63, 3.8) is 0 Å². The Morgan fingerprint density at radius 1 is 1.08 bits per heavy atom. The number of rotatable bonds is 5. The maximum Gasteiger partial charge on any atom is 0.338 e. The highest BCUT2D eigenvalue weighted by molar-refractivity contribution is 5.98. The van der Waals surface area contributed by atoms with Gasteiger partial charge in [-0.1, -0.05) is 18.2 Å². The minimum Gasteiger partial charge on any atom is -0.449 e. The van der Waals surface area contributed by atoms with Gasteiger partial charge in [0, 0.05) is 12.6 Å². The molecule has 0 fully saturated rings. The first-order valence-corrected chi connectivity index (χ1v) is 7.79. The number of hydrogen-bond acceptors (Lipinski definition) is 5. The first kappa shape index (κ1) is 18.7. The van der Waals surface area contributed by atoms with Crippen LogP contribution in [-0.2, 0) is 14.3 Å². The highest BCUT2D eigenvalue weighted by Gasteiger charge is 2.20. The van der Waals surface area contributed by atoms with Crippen molar-refractivity contribution in [3.05, 3.63) is 59.7 Å². The Balaban J connectivity index is 2.03. The number of hydrogen-bond donors (Lipinski definition) is 2. The average molecular weight is 351 g/mol. The second kappa shape index (κ2) is 8.44. The molecule has 0 aliphatic carbocycles. The maximum absolute atomic E-state index is 12.2. The molecule has 0 aromatic heterocycles. The van der Waals surface area contributed by atoms with Crippen LogP contribution in [0.15, 0.2) is 48.5 Å². The summed E-state index contributed by atoms with van der Waals surface area (Å²) in [4.78, 5) is 35.5. The molecule has 2 aromatic carbocycles. The highest BCUT2D eigenvalue weighted by Crippen LogP contribution is 2.15. The Kier molecular flexibility index (Phi) is 6.06. The lowest BCUT2D eigenvalue weighted by Crippen LogP contribution is -2.30. The molecule has 0 saturated heterocycles. The summed E-state index contributed by atoms with van der Waals surface area (Å²) in [6.45, 7) is 2.79. The Bertz CT molecular complexity index is 886. The summed E-state index contributed by atoms with van der Waals surface area (Å²) in [7, 11) is 0. The molecule has 0 saturated carbocycles. The van der Waals surface area contributed by atoms with Gasteiger partial charge in [0.15, 0.2) is 6.10 Å². The zero-order valence-electron chi connectivity index (χ0n) is 14.3. The number of nitrogens with zero attached hydrogens (tertiary/aromatic N) is 1. The van der Waals surface area contributed by atoms with Crippen molar-refractivity contribution < 1.29 is 19.1 Å². The maximum atomic E-state index is 12.2. The van der Waals surface area contributed by atoms with Gasteiger partial charge < -0.3 is 15.4 Å². The highest BCUT2D eigenvalue weighted by atomic mass is 16.5. The third-order valence-corrected chi connectivity index (χ3v) is 3.38. The van der Waals surface area contributed by atoms with Crippen molar-refractivity contribution in [1.29, 1.82) is 5.26 Å². The lowest BCUT2D eigenvalue weighted by Gasteiger charge is -2.14. The molecular weight excluding hydrogens is 334 g/mol. The number of anilines is 2. The largest absolute Gasteiger partial charge is 0.449 e. The molecule has 26 heavy (non-hydrogen) atoms. The van der Waals surface area contributed by atoms with Crippen molar-refractivity contribution in [1.82, 2.24) is 0 Å². The van der Waals surface area contributed by atoms with E-state index in [0.29, 0.717) is 16.9 Å². The van der Waals surface area contributed by atoms with Gasteiger partial charge in [0.25, 0.3) is 5.91 Å². The number of amides is 2. The fourth-order valence-electron chi connectivity index (χ4n) is 2.13. The molecule has 2 N–H and O–H groups in total. The van der Waals surface area contributed by atoms with Crippen LogP contribution < -0.4 is 10.6 Å². The number of carbonyl (C=O) groups is 3. The van der Waals surface area contributed by atoms with E-state index in [-0.39, 0.29) is 11.5 Å². The van der Waals surface area contributed by atoms with Gasteiger partial charge in [-0.25, -0.2) is 4.79 Å². The molecular formula is C19H17N3O4. The van der Waals surface area contributed by atoms with Gasteiger partial charge in [0.1, 0.15) is 6.07 Å². The first-order valence-electron chi connectivity index (χ1n) is 7.79. The minimum atomic E-state index is -1.07. The molecule has 0 heterocycles. The number of nitriles is 1. The van der Waals surface area contributed by atoms with Gasteiger partial charge in [0.2, 0.25) is 5.91 Å². The molecule has 2 rings (SSSR count). The Hall–Kier alpha value is -3.66. The molecule has 1 atom stereocenters. The van der Waals surface area contributed by atoms with Crippen molar-refractivity contribution >= 4 is 29.2 Å². The summed E-state index contributed by atoms with van der Waals surface area (Å²) < 4.78 is 5.16. The van der Waals surface area contributed by atoms with E-state index in [2.05, 4.69) is 10.6 Å². The number of esters is 1.